The number of aromatic nitrogens is 1. The van der Waals surface area contributed by atoms with Gasteiger partial charge in [-0.1, -0.05) is 25.3 Å². The first kappa shape index (κ1) is 13.8. The smallest absolute Gasteiger partial charge is 0.213 e. The van der Waals surface area contributed by atoms with Crippen LogP contribution in [0, 0.1) is 17.2 Å². The van der Waals surface area contributed by atoms with E-state index >= 15 is 0 Å². The zero-order chi connectivity index (χ0) is 13.5. The predicted octanol–water partition coefficient (Wildman–Crippen LogP) is 2.99. The van der Waals surface area contributed by atoms with Crippen LogP contribution in [0.15, 0.2) is 18.2 Å². The first-order valence-corrected chi connectivity index (χ1v) is 6.94. The summed E-state index contributed by atoms with van der Waals surface area (Å²) >= 11 is 0. The maximum absolute atomic E-state index is 9.72. The zero-order valence-corrected chi connectivity index (χ0v) is 11.1. The Morgan fingerprint density at radius 1 is 1.37 bits per heavy atom. The molecule has 0 aliphatic heterocycles. The summed E-state index contributed by atoms with van der Waals surface area (Å²) in [5, 5.41) is 18.3. The predicted molar refractivity (Wildman–Crippen MR) is 71.5 cm³/mol. The van der Waals surface area contributed by atoms with Crippen LogP contribution in [0.3, 0.4) is 0 Å². The molecule has 1 aliphatic rings. The molecule has 0 bridgehead atoms. The minimum atomic E-state index is -0.830. The normalized spacial score (nSPS) is 17.7. The van der Waals surface area contributed by atoms with Crippen molar-refractivity contribution in [2.45, 2.75) is 44.6 Å². The molecule has 0 amide bonds. The second-order valence-electron chi connectivity index (χ2n) is 5.09. The molecule has 1 N–H and O–H groups in total. The molecule has 1 unspecified atom stereocenters. The molecule has 4 heteroatoms. The van der Waals surface area contributed by atoms with E-state index in [4.69, 9.17) is 10.00 Å². The molecule has 0 radical (unpaired) electrons. The fourth-order valence-corrected chi connectivity index (χ4v) is 2.44. The maximum atomic E-state index is 9.72. The third kappa shape index (κ3) is 4.22. The second-order valence-corrected chi connectivity index (χ2v) is 5.09. The minimum Gasteiger partial charge on any atom is -0.477 e. The Hall–Kier alpha value is -1.60. The van der Waals surface area contributed by atoms with Gasteiger partial charge in [0.2, 0.25) is 5.88 Å². The summed E-state index contributed by atoms with van der Waals surface area (Å²) in [5.74, 6) is 1.17. The molecule has 1 heterocycles. The summed E-state index contributed by atoms with van der Waals surface area (Å²) in [5.41, 5.74) is 0.502. The van der Waals surface area contributed by atoms with Crippen LogP contribution in [-0.4, -0.2) is 16.7 Å². The SMILES string of the molecule is N#CCC(O)c1cccc(OCC2CCCCC2)n1. The van der Waals surface area contributed by atoms with Crippen molar-refractivity contribution in [1.82, 2.24) is 4.98 Å². The van der Waals surface area contributed by atoms with Crippen LogP contribution < -0.4 is 4.74 Å². The lowest BCUT2D eigenvalue weighted by molar-refractivity contribution is 0.173. The Morgan fingerprint density at radius 3 is 2.89 bits per heavy atom. The Balaban J connectivity index is 1.89. The Bertz CT molecular complexity index is 436. The van der Waals surface area contributed by atoms with E-state index in [0.29, 0.717) is 24.1 Å². The molecule has 1 aromatic rings. The molecular weight excluding hydrogens is 240 g/mol. The van der Waals surface area contributed by atoms with E-state index in [2.05, 4.69) is 4.98 Å². The van der Waals surface area contributed by atoms with Crippen molar-refractivity contribution in [1.29, 1.82) is 5.26 Å². The van der Waals surface area contributed by atoms with E-state index in [1.807, 2.05) is 6.07 Å². The number of aliphatic hydroxyl groups excluding tert-OH is 1. The lowest BCUT2D eigenvalue weighted by atomic mass is 9.90. The van der Waals surface area contributed by atoms with Crippen LogP contribution in [0.2, 0.25) is 0 Å². The fraction of sp³-hybridized carbons (Fsp3) is 0.600. The molecule has 0 saturated heterocycles. The summed E-state index contributed by atoms with van der Waals surface area (Å²) in [4.78, 5) is 4.25. The van der Waals surface area contributed by atoms with Crippen LogP contribution >= 0.6 is 0 Å². The molecule has 1 fully saturated rings. The lowest BCUT2D eigenvalue weighted by Gasteiger charge is -2.21. The number of hydrogen-bond acceptors (Lipinski definition) is 4. The fourth-order valence-electron chi connectivity index (χ4n) is 2.44. The summed E-state index contributed by atoms with van der Waals surface area (Å²) in [6.45, 7) is 0.699. The molecule has 0 spiro atoms. The van der Waals surface area contributed by atoms with Crippen LogP contribution in [0.25, 0.3) is 0 Å². The van der Waals surface area contributed by atoms with Gasteiger partial charge in [0.25, 0.3) is 0 Å². The average Bonchev–Trinajstić information content (AvgIpc) is 2.47. The van der Waals surface area contributed by atoms with E-state index in [-0.39, 0.29) is 6.42 Å². The Kier molecular flexibility index (Phi) is 5.17. The van der Waals surface area contributed by atoms with Crippen LogP contribution in [-0.2, 0) is 0 Å². The number of rotatable bonds is 5. The van der Waals surface area contributed by atoms with Crippen molar-refractivity contribution >= 4 is 0 Å². The highest BCUT2D eigenvalue weighted by Gasteiger charge is 2.15. The zero-order valence-electron chi connectivity index (χ0n) is 11.1. The monoisotopic (exact) mass is 260 g/mol. The number of nitriles is 1. The Labute approximate surface area is 114 Å². The highest BCUT2D eigenvalue weighted by molar-refractivity contribution is 5.18. The standard InChI is InChI=1S/C15H20N2O2/c16-10-9-14(18)13-7-4-8-15(17-13)19-11-12-5-2-1-3-6-12/h4,7-8,12,14,18H,1-3,5-6,9,11H2. The number of hydrogen-bond donors (Lipinski definition) is 1. The topological polar surface area (TPSA) is 66.1 Å². The van der Waals surface area contributed by atoms with Crippen molar-refractivity contribution in [2.75, 3.05) is 6.61 Å². The highest BCUT2D eigenvalue weighted by atomic mass is 16.5. The van der Waals surface area contributed by atoms with Gasteiger partial charge < -0.3 is 9.84 Å². The molecule has 102 valence electrons. The van der Waals surface area contributed by atoms with Crippen molar-refractivity contribution in [3.63, 3.8) is 0 Å². The maximum Gasteiger partial charge on any atom is 0.213 e. The molecule has 1 atom stereocenters. The number of aliphatic hydroxyl groups is 1. The van der Waals surface area contributed by atoms with E-state index in [0.717, 1.165) is 0 Å². The van der Waals surface area contributed by atoms with E-state index in [9.17, 15) is 5.11 Å². The average molecular weight is 260 g/mol. The number of ether oxygens (including phenoxy) is 1. The van der Waals surface area contributed by atoms with Gasteiger partial charge in [-0.15, -0.1) is 0 Å². The molecule has 4 nitrogen and oxygen atoms in total. The van der Waals surface area contributed by atoms with Crippen molar-refractivity contribution in [2.24, 2.45) is 5.92 Å². The van der Waals surface area contributed by atoms with Crippen LogP contribution in [0.5, 0.6) is 5.88 Å². The first-order valence-electron chi connectivity index (χ1n) is 6.94. The number of nitrogens with zero attached hydrogens (tertiary/aromatic N) is 2. The third-order valence-electron chi connectivity index (χ3n) is 3.56. The van der Waals surface area contributed by atoms with Gasteiger partial charge >= 0.3 is 0 Å². The van der Waals surface area contributed by atoms with Gasteiger partial charge in [-0.25, -0.2) is 4.98 Å². The molecule has 2 rings (SSSR count). The van der Waals surface area contributed by atoms with E-state index < -0.39 is 6.10 Å². The summed E-state index contributed by atoms with van der Waals surface area (Å²) in [7, 11) is 0. The van der Waals surface area contributed by atoms with Gasteiger partial charge in [0, 0.05) is 6.07 Å². The molecule has 0 aromatic carbocycles. The van der Waals surface area contributed by atoms with Gasteiger partial charge in [-0.05, 0) is 24.8 Å². The van der Waals surface area contributed by atoms with E-state index in [1.165, 1.54) is 32.1 Å². The van der Waals surface area contributed by atoms with Crippen molar-refractivity contribution in [3.05, 3.63) is 23.9 Å². The van der Waals surface area contributed by atoms with Crippen LogP contribution in [0.1, 0.15) is 50.3 Å². The van der Waals surface area contributed by atoms with Gasteiger partial charge in [-0.2, -0.15) is 5.26 Å². The van der Waals surface area contributed by atoms with Gasteiger partial charge in [0.15, 0.2) is 0 Å². The molecule has 1 saturated carbocycles. The van der Waals surface area contributed by atoms with Crippen LogP contribution in [0.4, 0.5) is 0 Å². The van der Waals surface area contributed by atoms with E-state index in [1.54, 1.807) is 18.2 Å². The second kappa shape index (κ2) is 7.10. The quantitative estimate of drug-likeness (QED) is 0.883. The Morgan fingerprint density at radius 2 is 2.16 bits per heavy atom. The largest absolute Gasteiger partial charge is 0.477 e. The first-order chi connectivity index (χ1) is 9.29. The molecule has 1 aliphatic carbocycles. The molecular formula is C15H20N2O2. The minimum absolute atomic E-state index is 0.0546. The summed E-state index contributed by atoms with van der Waals surface area (Å²) < 4.78 is 5.71. The molecule has 19 heavy (non-hydrogen) atoms. The molecule has 1 aromatic heterocycles. The highest BCUT2D eigenvalue weighted by Crippen LogP contribution is 2.24. The lowest BCUT2D eigenvalue weighted by Crippen LogP contribution is -2.16. The van der Waals surface area contributed by atoms with Crippen molar-refractivity contribution < 1.29 is 9.84 Å². The summed E-state index contributed by atoms with van der Waals surface area (Å²) in [6.07, 6.45) is 5.62. The van der Waals surface area contributed by atoms with Gasteiger partial charge in [0.05, 0.1) is 24.8 Å². The summed E-state index contributed by atoms with van der Waals surface area (Å²) in [6, 6.07) is 7.26. The number of pyridine rings is 1. The van der Waals surface area contributed by atoms with Crippen molar-refractivity contribution in [3.8, 4) is 11.9 Å². The van der Waals surface area contributed by atoms with Gasteiger partial charge in [-0.3, -0.25) is 0 Å². The van der Waals surface area contributed by atoms with Gasteiger partial charge in [0.1, 0.15) is 6.10 Å². The third-order valence-corrected chi connectivity index (χ3v) is 3.56.